The van der Waals surface area contributed by atoms with Gasteiger partial charge in [0.25, 0.3) is 0 Å². The Balaban J connectivity index is 1.88. The molecule has 3 rings (SSSR count). The van der Waals surface area contributed by atoms with Crippen molar-refractivity contribution in [1.82, 2.24) is 5.32 Å². The number of hydrogen-bond acceptors (Lipinski definition) is 2. The molecule has 1 aliphatic carbocycles. The minimum Gasteiger partial charge on any atom is -0.365 e. The maximum absolute atomic E-state index is 13.9. The molecule has 1 aromatic carbocycles. The van der Waals surface area contributed by atoms with E-state index in [0.29, 0.717) is 6.04 Å². The van der Waals surface area contributed by atoms with E-state index >= 15 is 0 Å². The Labute approximate surface area is 121 Å². The summed E-state index contributed by atoms with van der Waals surface area (Å²) in [5, 5.41) is 3.79. The molecule has 2 fully saturated rings. The molecule has 0 aromatic heterocycles. The molecule has 1 unspecified atom stereocenters. The molecule has 1 N–H and O–H groups in total. The Kier molecular flexibility index (Phi) is 3.72. The summed E-state index contributed by atoms with van der Waals surface area (Å²) in [6.07, 6.45) is 6.25. The number of anilines is 1. The summed E-state index contributed by atoms with van der Waals surface area (Å²) in [4.78, 5) is 2.43. The second-order valence-corrected chi connectivity index (χ2v) is 6.49. The first-order valence-electron chi connectivity index (χ1n) is 7.91. The Morgan fingerprint density at radius 2 is 2.10 bits per heavy atom. The van der Waals surface area contributed by atoms with Gasteiger partial charge in [-0.15, -0.1) is 0 Å². The van der Waals surface area contributed by atoms with E-state index in [9.17, 15) is 4.39 Å². The van der Waals surface area contributed by atoms with Gasteiger partial charge in [0.05, 0.1) is 0 Å². The standard InChI is InChI=1S/C17H25FN2/c1-3-14-11-19-17(8-4-5-9-17)12-20(14)15-7-6-13(2)16(18)10-15/h6-7,10,14,19H,3-5,8-9,11-12H2,1-2H3. The van der Waals surface area contributed by atoms with E-state index in [-0.39, 0.29) is 11.4 Å². The number of rotatable bonds is 2. The second kappa shape index (κ2) is 5.36. The molecule has 1 heterocycles. The summed E-state index contributed by atoms with van der Waals surface area (Å²) < 4.78 is 13.9. The van der Waals surface area contributed by atoms with Gasteiger partial charge in [0, 0.05) is 30.4 Å². The van der Waals surface area contributed by atoms with Crippen molar-refractivity contribution in [3.05, 3.63) is 29.6 Å². The fraction of sp³-hybridized carbons (Fsp3) is 0.647. The zero-order valence-electron chi connectivity index (χ0n) is 12.6. The van der Waals surface area contributed by atoms with Gasteiger partial charge in [-0.05, 0) is 43.9 Å². The van der Waals surface area contributed by atoms with E-state index in [1.165, 1.54) is 25.7 Å². The maximum atomic E-state index is 13.9. The Morgan fingerprint density at radius 1 is 1.35 bits per heavy atom. The van der Waals surface area contributed by atoms with Crippen molar-refractivity contribution in [3.63, 3.8) is 0 Å². The summed E-state index contributed by atoms with van der Waals surface area (Å²) in [6.45, 7) is 6.09. The monoisotopic (exact) mass is 276 g/mol. The molecule has 1 atom stereocenters. The van der Waals surface area contributed by atoms with Crippen molar-refractivity contribution in [2.45, 2.75) is 57.5 Å². The molecule has 0 radical (unpaired) electrons. The number of nitrogens with zero attached hydrogens (tertiary/aromatic N) is 1. The lowest BCUT2D eigenvalue weighted by Gasteiger charge is -2.47. The van der Waals surface area contributed by atoms with Gasteiger partial charge in [0.2, 0.25) is 0 Å². The average Bonchev–Trinajstić information content (AvgIpc) is 2.90. The quantitative estimate of drug-likeness (QED) is 0.887. The molecule has 110 valence electrons. The van der Waals surface area contributed by atoms with Crippen LogP contribution in [-0.2, 0) is 0 Å². The number of aryl methyl sites for hydroxylation is 1. The Bertz CT molecular complexity index is 480. The highest BCUT2D eigenvalue weighted by Gasteiger charge is 2.40. The van der Waals surface area contributed by atoms with Crippen LogP contribution in [0.2, 0.25) is 0 Å². The predicted molar refractivity (Wildman–Crippen MR) is 81.8 cm³/mol. The number of hydrogen-bond donors (Lipinski definition) is 1. The molecule has 1 aromatic rings. The third-order valence-corrected chi connectivity index (χ3v) is 5.15. The molecule has 3 heteroatoms. The van der Waals surface area contributed by atoms with Gasteiger partial charge >= 0.3 is 0 Å². The zero-order chi connectivity index (χ0) is 14.2. The van der Waals surface area contributed by atoms with Crippen molar-refractivity contribution in [2.75, 3.05) is 18.0 Å². The van der Waals surface area contributed by atoms with Crippen LogP contribution in [0.5, 0.6) is 0 Å². The van der Waals surface area contributed by atoms with Gasteiger partial charge < -0.3 is 10.2 Å². The van der Waals surface area contributed by atoms with E-state index in [4.69, 9.17) is 0 Å². The van der Waals surface area contributed by atoms with Crippen LogP contribution < -0.4 is 10.2 Å². The molecular formula is C17H25FN2. The molecule has 0 bridgehead atoms. The highest BCUT2D eigenvalue weighted by atomic mass is 19.1. The molecule has 1 aliphatic heterocycles. The topological polar surface area (TPSA) is 15.3 Å². The van der Waals surface area contributed by atoms with E-state index in [1.807, 2.05) is 13.0 Å². The average molecular weight is 276 g/mol. The zero-order valence-corrected chi connectivity index (χ0v) is 12.6. The molecular weight excluding hydrogens is 251 g/mol. The Hall–Kier alpha value is -1.09. The molecule has 1 saturated heterocycles. The van der Waals surface area contributed by atoms with E-state index in [1.54, 1.807) is 6.07 Å². The number of benzene rings is 1. The van der Waals surface area contributed by atoms with Crippen LogP contribution in [0.3, 0.4) is 0 Å². The smallest absolute Gasteiger partial charge is 0.128 e. The lowest BCUT2D eigenvalue weighted by atomic mass is 9.91. The third kappa shape index (κ3) is 2.44. The summed E-state index contributed by atoms with van der Waals surface area (Å²) in [5.41, 5.74) is 2.05. The summed E-state index contributed by atoms with van der Waals surface area (Å²) in [6, 6.07) is 6.17. The van der Waals surface area contributed by atoms with E-state index < -0.39 is 0 Å². The third-order valence-electron chi connectivity index (χ3n) is 5.15. The summed E-state index contributed by atoms with van der Waals surface area (Å²) in [5.74, 6) is -0.0867. The van der Waals surface area contributed by atoms with Crippen molar-refractivity contribution in [2.24, 2.45) is 0 Å². The minimum absolute atomic E-state index is 0.0867. The Morgan fingerprint density at radius 3 is 2.75 bits per heavy atom. The van der Waals surface area contributed by atoms with Crippen LogP contribution in [0.1, 0.15) is 44.6 Å². The largest absolute Gasteiger partial charge is 0.365 e. The molecule has 20 heavy (non-hydrogen) atoms. The van der Waals surface area contributed by atoms with Gasteiger partial charge in [-0.2, -0.15) is 0 Å². The van der Waals surface area contributed by atoms with Crippen LogP contribution in [0, 0.1) is 12.7 Å². The fourth-order valence-corrected chi connectivity index (χ4v) is 3.77. The van der Waals surface area contributed by atoms with Crippen LogP contribution >= 0.6 is 0 Å². The van der Waals surface area contributed by atoms with E-state index in [2.05, 4.69) is 23.2 Å². The minimum atomic E-state index is -0.0867. The lowest BCUT2D eigenvalue weighted by Crippen LogP contribution is -2.63. The van der Waals surface area contributed by atoms with Gasteiger partial charge in [0.1, 0.15) is 5.82 Å². The van der Waals surface area contributed by atoms with Crippen molar-refractivity contribution in [1.29, 1.82) is 0 Å². The second-order valence-electron chi connectivity index (χ2n) is 6.49. The normalized spacial score (nSPS) is 25.4. The highest BCUT2D eigenvalue weighted by molar-refractivity contribution is 5.50. The van der Waals surface area contributed by atoms with Crippen molar-refractivity contribution in [3.8, 4) is 0 Å². The van der Waals surface area contributed by atoms with Gasteiger partial charge in [-0.1, -0.05) is 25.8 Å². The van der Waals surface area contributed by atoms with Crippen molar-refractivity contribution >= 4 is 5.69 Å². The van der Waals surface area contributed by atoms with Crippen LogP contribution in [0.4, 0.5) is 10.1 Å². The molecule has 0 amide bonds. The van der Waals surface area contributed by atoms with Crippen molar-refractivity contribution < 1.29 is 4.39 Å². The summed E-state index contributed by atoms with van der Waals surface area (Å²) >= 11 is 0. The summed E-state index contributed by atoms with van der Waals surface area (Å²) in [7, 11) is 0. The molecule has 2 nitrogen and oxygen atoms in total. The van der Waals surface area contributed by atoms with Gasteiger partial charge in [-0.3, -0.25) is 0 Å². The number of piperazine rings is 1. The number of nitrogens with one attached hydrogen (secondary N) is 1. The lowest BCUT2D eigenvalue weighted by molar-refractivity contribution is 0.267. The molecule has 2 aliphatic rings. The van der Waals surface area contributed by atoms with E-state index in [0.717, 1.165) is 30.8 Å². The fourth-order valence-electron chi connectivity index (χ4n) is 3.77. The molecule has 1 saturated carbocycles. The first kappa shape index (κ1) is 13.9. The predicted octanol–water partition coefficient (Wildman–Crippen LogP) is 3.64. The SMILES string of the molecule is CCC1CNC2(CCCC2)CN1c1ccc(C)c(F)c1. The first-order valence-corrected chi connectivity index (χ1v) is 7.91. The van der Waals surface area contributed by atoms with Gasteiger partial charge in [0.15, 0.2) is 0 Å². The first-order chi connectivity index (χ1) is 9.63. The maximum Gasteiger partial charge on any atom is 0.128 e. The number of halogens is 1. The molecule has 1 spiro atoms. The highest BCUT2D eigenvalue weighted by Crippen LogP contribution is 2.35. The van der Waals surface area contributed by atoms with Crippen LogP contribution in [0.15, 0.2) is 18.2 Å². The van der Waals surface area contributed by atoms with Gasteiger partial charge in [-0.25, -0.2) is 4.39 Å². The van der Waals surface area contributed by atoms with Crippen LogP contribution in [-0.4, -0.2) is 24.7 Å². The van der Waals surface area contributed by atoms with Crippen LogP contribution in [0.25, 0.3) is 0 Å².